The minimum atomic E-state index is -1.09. The number of carbonyl (C=O) groups excluding carboxylic acids is 4. The predicted molar refractivity (Wildman–Crippen MR) is 175 cm³/mol. The molecule has 3 atom stereocenters. The highest BCUT2D eigenvalue weighted by molar-refractivity contribution is 5.94. The molecule has 2 N–H and O–H groups in total. The summed E-state index contributed by atoms with van der Waals surface area (Å²) in [7, 11) is 0. The van der Waals surface area contributed by atoms with Crippen molar-refractivity contribution >= 4 is 30.0 Å². The van der Waals surface area contributed by atoms with Crippen LogP contribution in [0.1, 0.15) is 91.0 Å². The van der Waals surface area contributed by atoms with Gasteiger partial charge in [0.1, 0.15) is 29.3 Å². The van der Waals surface area contributed by atoms with Crippen LogP contribution in [0.25, 0.3) is 6.08 Å². The number of esters is 1. The van der Waals surface area contributed by atoms with Crippen LogP contribution in [0.15, 0.2) is 61.2 Å². The Labute approximate surface area is 267 Å². The molecule has 1 aliphatic carbocycles. The fourth-order valence-electron chi connectivity index (χ4n) is 4.94. The second-order valence-electron chi connectivity index (χ2n) is 13.9. The van der Waals surface area contributed by atoms with Crippen molar-refractivity contribution in [1.29, 1.82) is 0 Å². The van der Waals surface area contributed by atoms with Crippen molar-refractivity contribution in [3.63, 3.8) is 0 Å². The van der Waals surface area contributed by atoms with Gasteiger partial charge in [-0.3, -0.25) is 9.59 Å². The summed E-state index contributed by atoms with van der Waals surface area (Å²) in [5, 5.41) is 5.68. The molecule has 2 aromatic rings. The van der Waals surface area contributed by atoms with E-state index in [1.54, 1.807) is 64.7 Å². The number of hydrogen-bond donors (Lipinski definition) is 2. The maximum atomic E-state index is 14.4. The molecule has 0 saturated heterocycles. The molecule has 9 heteroatoms. The molecule has 0 heterocycles. The van der Waals surface area contributed by atoms with Crippen molar-refractivity contribution in [1.82, 2.24) is 15.5 Å². The van der Waals surface area contributed by atoms with Crippen molar-refractivity contribution in [3.8, 4) is 0 Å². The fourth-order valence-corrected chi connectivity index (χ4v) is 4.94. The van der Waals surface area contributed by atoms with Crippen LogP contribution < -0.4 is 10.6 Å². The first-order valence-electron chi connectivity index (χ1n) is 15.6. The molecule has 0 bridgehead atoms. The lowest BCUT2D eigenvalue weighted by molar-refractivity contribution is -0.159. The fraction of sp³-hybridized carbons (Fsp3) is 0.500. The van der Waals surface area contributed by atoms with E-state index in [4.69, 9.17) is 9.47 Å². The summed E-state index contributed by atoms with van der Waals surface area (Å²) in [5.41, 5.74) is 0.646. The zero-order valence-electron chi connectivity index (χ0n) is 27.9. The number of alkyl carbamates (subject to hydrolysis) is 1. The van der Waals surface area contributed by atoms with Crippen LogP contribution in [0, 0.1) is 5.92 Å². The van der Waals surface area contributed by atoms with Crippen molar-refractivity contribution < 1.29 is 28.7 Å². The van der Waals surface area contributed by atoms with Crippen LogP contribution in [-0.4, -0.2) is 58.1 Å². The highest BCUT2D eigenvalue weighted by Gasteiger charge is 2.45. The SMILES string of the molecule is C=Cc1cccc(C(C(=O)NC(Cc2ccccc2)C(=O)OC(C)(C)C)N(C(=O)C(NC(=O)OC(C)(C)C)C(C)C)C2CC2)c1. The molecule has 3 amide bonds. The summed E-state index contributed by atoms with van der Waals surface area (Å²) >= 11 is 0. The second kappa shape index (κ2) is 14.8. The molecule has 0 spiro atoms. The van der Waals surface area contributed by atoms with E-state index < -0.39 is 53.2 Å². The van der Waals surface area contributed by atoms with E-state index in [0.717, 1.165) is 11.1 Å². The zero-order valence-corrected chi connectivity index (χ0v) is 27.9. The first-order chi connectivity index (χ1) is 21.0. The maximum Gasteiger partial charge on any atom is 0.408 e. The van der Waals surface area contributed by atoms with Crippen molar-refractivity contribution in [3.05, 3.63) is 77.9 Å². The Balaban J connectivity index is 2.05. The monoisotopic (exact) mass is 619 g/mol. The van der Waals surface area contributed by atoms with Crippen LogP contribution >= 0.6 is 0 Å². The molecule has 244 valence electrons. The van der Waals surface area contributed by atoms with Gasteiger partial charge in [-0.2, -0.15) is 0 Å². The maximum absolute atomic E-state index is 14.4. The standard InChI is InChI=1S/C36H49N3O6/c1-10-24-17-14-18-26(21-24)30(31(40)37-28(33(42)44-35(4,5)6)22-25-15-12-11-13-16-25)39(27-19-20-27)32(41)29(23(2)3)38-34(43)45-36(7,8)9/h10-18,21,23,27-30H,1,19-20,22H2,2-9H3,(H,37,40)(H,38,43). The van der Waals surface area contributed by atoms with E-state index in [-0.39, 0.29) is 18.4 Å². The minimum Gasteiger partial charge on any atom is -0.458 e. The summed E-state index contributed by atoms with van der Waals surface area (Å²) in [6, 6.07) is 13.3. The van der Waals surface area contributed by atoms with Gasteiger partial charge < -0.3 is 25.0 Å². The molecule has 1 aliphatic rings. The topological polar surface area (TPSA) is 114 Å². The summed E-state index contributed by atoms with van der Waals surface area (Å²) in [6.07, 6.45) is 2.56. The average Bonchev–Trinajstić information content (AvgIpc) is 3.77. The van der Waals surface area contributed by atoms with E-state index in [1.807, 2.05) is 56.3 Å². The van der Waals surface area contributed by atoms with Crippen LogP contribution in [-0.2, 0) is 30.3 Å². The normalized spacial score (nSPS) is 15.3. The molecule has 3 rings (SSSR count). The molecule has 45 heavy (non-hydrogen) atoms. The van der Waals surface area contributed by atoms with Gasteiger partial charge in [0, 0.05) is 12.5 Å². The van der Waals surface area contributed by atoms with Gasteiger partial charge in [0.15, 0.2) is 0 Å². The highest BCUT2D eigenvalue weighted by Crippen LogP contribution is 2.36. The van der Waals surface area contributed by atoms with Gasteiger partial charge in [0.2, 0.25) is 11.8 Å². The van der Waals surface area contributed by atoms with Crippen molar-refractivity contribution in [2.45, 2.75) is 110 Å². The van der Waals surface area contributed by atoms with E-state index in [0.29, 0.717) is 18.4 Å². The quantitative estimate of drug-likeness (QED) is 0.283. The lowest BCUT2D eigenvalue weighted by Gasteiger charge is -2.36. The van der Waals surface area contributed by atoms with Gasteiger partial charge in [-0.05, 0) is 83.1 Å². The third kappa shape index (κ3) is 10.8. The van der Waals surface area contributed by atoms with E-state index in [9.17, 15) is 19.2 Å². The molecule has 9 nitrogen and oxygen atoms in total. The predicted octanol–water partition coefficient (Wildman–Crippen LogP) is 5.98. The number of amides is 3. The lowest BCUT2D eigenvalue weighted by Crippen LogP contribution is -2.56. The zero-order chi connectivity index (χ0) is 33.5. The van der Waals surface area contributed by atoms with Gasteiger partial charge in [-0.25, -0.2) is 9.59 Å². The summed E-state index contributed by atoms with van der Waals surface area (Å²) in [4.78, 5) is 56.7. The Morgan fingerprint density at radius 3 is 2.07 bits per heavy atom. The molecule has 0 aliphatic heterocycles. The van der Waals surface area contributed by atoms with Gasteiger partial charge in [-0.1, -0.05) is 75.0 Å². The van der Waals surface area contributed by atoms with Gasteiger partial charge in [-0.15, -0.1) is 0 Å². The Morgan fingerprint density at radius 1 is 0.911 bits per heavy atom. The second-order valence-corrected chi connectivity index (χ2v) is 13.9. The van der Waals surface area contributed by atoms with Crippen LogP contribution in [0.5, 0.6) is 0 Å². The van der Waals surface area contributed by atoms with Crippen molar-refractivity contribution in [2.24, 2.45) is 5.92 Å². The number of nitrogens with zero attached hydrogens (tertiary/aromatic N) is 1. The minimum absolute atomic E-state index is 0.201. The summed E-state index contributed by atoms with van der Waals surface area (Å²) < 4.78 is 11.2. The molecule has 0 radical (unpaired) electrons. The number of hydrogen-bond acceptors (Lipinski definition) is 6. The molecule has 1 fully saturated rings. The first-order valence-corrected chi connectivity index (χ1v) is 15.6. The molecule has 1 saturated carbocycles. The molecular weight excluding hydrogens is 570 g/mol. The van der Waals surface area contributed by atoms with Gasteiger partial charge in [0.25, 0.3) is 0 Å². The number of benzene rings is 2. The van der Waals surface area contributed by atoms with Crippen LogP contribution in [0.2, 0.25) is 0 Å². The van der Waals surface area contributed by atoms with E-state index >= 15 is 0 Å². The van der Waals surface area contributed by atoms with E-state index in [2.05, 4.69) is 17.2 Å². The molecular formula is C36H49N3O6. The molecule has 0 aromatic heterocycles. The van der Waals surface area contributed by atoms with Crippen molar-refractivity contribution in [2.75, 3.05) is 0 Å². The third-order valence-corrected chi connectivity index (χ3v) is 7.08. The van der Waals surface area contributed by atoms with E-state index in [1.165, 1.54) is 0 Å². The average molecular weight is 620 g/mol. The largest absolute Gasteiger partial charge is 0.458 e. The lowest BCUT2D eigenvalue weighted by atomic mass is 9.97. The Bertz CT molecular complexity index is 1350. The molecule has 3 unspecified atom stereocenters. The highest BCUT2D eigenvalue weighted by atomic mass is 16.6. The number of nitrogens with one attached hydrogen (secondary N) is 2. The molecule has 2 aromatic carbocycles. The van der Waals surface area contributed by atoms with Crippen LogP contribution in [0.4, 0.5) is 4.79 Å². The number of rotatable bonds is 12. The summed E-state index contributed by atoms with van der Waals surface area (Å²) in [5.74, 6) is -1.81. The van der Waals surface area contributed by atoms with Gasteiger partial charge >= 0.3 is 12.1 Å². The third-order valence-electron chi connectivity index (χ3n) is 7.08. The number of ether oxygens (including phenoxy) is 2. The smallest absolute Gasteiger partial charge is 0.408 e. The first kappa shape index (κ1) is 35.3. The van der Waals surface area contributed by atoms with Gasteiger partial charge in [0.05, 0.1) is 0 Å². The number of carbonyl (C=O) groups is 4. The van der Waals surface area contributed by atoms with Crippen LogP contribution in [0.3, 0.4) is 0 Å². The Morgan fingerprint density at radius 2 is 1.53 bits per heavy atom. The Hall–Kier alpha value is -4.14. The summed E-state index contributed by atoms with van der Waals surface area (Å²) in [6.45, 7) is 18.1. The Kier molecular flexibility index (Phi) is 11.6.